The lowest BCUT2D eigenvalue weighted by molar-refractivity contribution is -0.155. The van der Waals surface area contributed by atoms with Gasteiger partial charge in [-0.3, -0.25) is 57.9 Å². The fourth-order valence-electron chi connectivity index (χ4n) is 10.2. The van der Waals surface area contributed by atoms with Gasteiger partial charge in [0, 0.05) is 67.3 Å². The van der Waals surface area contributed by atoms with Crippen molar-refractivity contribution in [3.8, 4) is 11.8 Å². The zero-order valence-electron chi connectivity index (χ0n) is 43.2. The second-order valence-corrected chi connectivity index (χ2v) is 23.7. The van der Waals surface area contributed by atoms with Crippen LogP contribution in [0.25, 0.3) is 10.1 Å². The number of hydrogen-bond donors (Lipinski definition) is 5. The van der Waals surface area contributed by atoms with Crippen molar-refractivity contribution in [1.29, 1.82) is 0 Å². The van der Waals surface area contributed by atoms with Gasteiger partial charge < -0.3 is 35.1 Å². The number of thiophene rings is 1. The van der Waals surface area contributed by atoms with Crippen LogP contribution < -0.4 is 16.0 Å². The predicted molar refractivity (Wildman–Crippen MR) is 282 cm³/mol. The number of amides is 9. The number of imide groups is 2. The Kier molecular flexibility index (Phi) is 17.1. The fraction of sp³-hybridized carbons (Fsp3) is 0.436. The zero-order chi connectivity index (χ0) is 56.3. The first-order valence-corrected chi connectivity index (χ1v) is 28.2. The lowest BCUT2D eigenvalue weighted by atomic mass is 9.85. The molecule has 0 spiro atoms. The molecule has 9 amide bonds. The molecule has 78 heavy (non-hydrogen) atoms. The molecule has 3 fully saturated rings. The molecular formula is C55H60F2N7O12PS. The van der Waals surface area contributed by atoms with E-state index >= 15 is 0 Å². The average Bonchev–Trinajstić information content (AvgIpc) is 4.01. The van der Waals surface area contributed by atoms with Gasteiger partial charge in [-0.2, -0.15) is 8.78 Å². The number of rotatable bonds is 15. The Hall–Kier alpha value is -7.18. The van der Waals surface area contributed by atoms with Crippen LogP contribution in [0.3, 0.4) is 0 Å². The number of carbonyl (C=O) groups is 9. The first kappa shape index (κ1) is 57.0. The van der Waals surface area contributed by atoms with Crippen LogP contribution in [-0.4, -0.2) is 140 Å². The maximum atomic E-state index is 14.9. The normalized spacial score (nSPS) is 19.4. The third-order valence-corrected chi connectivity index (χ3v) is 16.6. The van der Waals surface area contributed by atoms with Crippen LogP contribution in [0.1, 0.15) is 132 Å². The molecule has 2 unspecified atom stereocenters. The molecule has 0 radical (unpaired) electrons. The number of nitrogens with zero attached hydrogens (tertiary/aromatic N) is 4. The van der Waals surface area contributed by atoms with E-state index in [0.29, 0.717) is 55.5 Å². The summed E-state index contributed by atoms with van der Waals surface area (Å²) in [6.45, 7) is 5.85. The van der Waals surface area contributed by atoms with E-state index < -0.39 is 102 Å². The second kappa shape index (κ2) is 23.4. The van der Waals surface area contributed by atoms with Crippen molar-refractivity contribution in [3.05, 3.63) is 105 Å². The number of likely N-dealkylation sites (tertiary alicyclic amines) is 1. The van der Waals surface area contributed by atoms with Gasteiger partial charge >= 0.3 is 13.3 Å². The highest BCUT2D eigenvalue weighted by Crippen LogP contribution is 2.59. The van der Waals surface area contributed by atoms with Crippen LogP contribution >= 0.6 is 18.9 Å². The van der Waals surface area contributed by atoms with Crippen LogP contribution in [0.4, 0.5) is 8.78 Å². The Morgan fingerprint density at radius 3 is 2.35 bits per heavy atom. The Balaban J connectivity index is 0.881. The first-order chi connectivity index (χ1) is 36.9. The van der Waals surface area contributed by atoms with Crippen molar-refractivity contribution in [3.63, 3.8) is 0 Å². The van der Waals surface area contributed by atoms with Crippen molar-refractivity contribution in [2.75, 3.05) is 39.3 Å². The number of alkyl halides is 2. The summed E-state index contributed by atoms with van der Waals surface area (Å²) in [5, 5.41) is 7.88. The topological polar surface area (TPSA) is 260 Å². The molecule has 1 aromatic heterocycles. The number of halogens is 2. The van der Waals surface area contributed by atoms with E-state index in [1.165, 1.54) is 28.0 Å². The molecule has 4 aliphatic rings. The fourth-order valence-corrected chi connectivity index (χ4v) is 11.7. The average molecular weight is 1110 g/mol. The van der Waals surface area contributed by atoms with E-state index in [2.05, 4.69) is 27.8 Å². The number of benzene rings is 3. The molecule has 3 saturated heterocycles. The molecule has 412 valence electrons. The predicted octanol–water partition coefficient (Wildman–Crippen LogP) is 5.24. The van der Waals surface area contributed by atoms with E-state index in [1.54, 1.807) is 37.8 Å². The lowest BCUT2D eigenvalue weighted by Crippen LogP contribution is -2.66. The number of fused-ring (bicyclic) bond motifs is 2. The van der Waals surface area contributed by atoms with E-state index in [4.69, 9.17) is 0 Å². The minimum absolute atomic E-state index is 0.00291. The number of nitrogens with one attached hydrogen (secondary N) is 3. The highest BCUT2D eigenvalue weighted by molar-refractivity contribution is 7.52. The second-order valence-electron chi connectivity index (χ2n) is 21.0. The monoisotopic (exact) mass is 1110 g/mol. The van der Waals surface area contributed by atoms with E-state index in [0.717, 1.165) is 40.4 Å². The van der Waals surface area contributed by atoms with Gasteiger partial charge in [-0.05, 0) is 78.8 Å². The summed E-state index contributed by atoms with van der Waals surface area (Å²) in [7, 11) is -5.87. The maximum absolute atomic E-state index is 14.9. The van der Waals surface area contributed by atoms with Crippen molar-refractivity contribution >= 4 is 82.2 Å². The van der Waals surface area contributed by atoms with Gasteiger partial charge in [0.1, 0.15) is 24.5 Å². The largest absolute Gasteiger partial charge is 0.399 e. The molecule has 23 heteroatoms. The van der Waals surface area contributed by atoms with E-state index in [1.807, 2.05) is 30.3 Å². The quantitative estimate of drug-likeness (QED) is 0.0337. The minimum atomic E-state index is -5.87. The zero-order valence-corrected chi connectivity index (χ0v) is 44.9. The Morgan fingerprint density at radius 2 is 1.63 bits per heavy atom. The smallest absolute Gasteiger partial charge is 0.356 e. The molecule has 4 aromatic rings. The number of hydrogen-bond acceptors (Lipinski definition) is 11. The molecule has 8 rings (SSSR count). The van der Waals surface area contributed by atoms with Crippen LogP contribution in [0.5, 0.6) is 0 Å². The molecule has 3 aromatic carbocycles. The standard InChI is InChI=1S/C55H60F2N7O12PS/c1-54(2,3)47(60-49(69)42-29-36-28-37(20-22-41(36)78-42)55(56,57)77(74,75)76)53(73)63-27-26-61(32-40(63)51(71)62-25-13-18-35(31-62)33-14-9-7-10-15-33)45(67)30-44(66)58-24-11-6-4-5-8-16-34-17-12-19-38-46(34)52(72)64(50(38)70)39-21-23-43(65)59-48(39)68/h7,9-10,12,14-15,17,19-20,22,28-29,35,39-40,47H,4-6,11,13,18,21,23-27,30-32H2,1-3H3,(H,58,66)(H,60,69)(H,59,65,68)(H2,74,75,76)/t35?,39?,40-,47+/m0/s1. The molecule has 19 nitrogen and oxygen atoms in total. The van der Waals surface area contributed by atoms with Gasteiger partial charge in [-0.15, -0.1) is 11.3 Å². The first-order valence-electron chi connectivity index (χ1n) is 25.7. The minimum Gasteiger partial charge on any atom is -0.356 e. The van der Waals surface area contributed by atoms with Gasteiger partial charge in [0.15, 0.2) is 0 Å². The Labute approximate surface area is 452 Å². The summed E-state index contributed by atoms with van der Waals surface area (Å²) < 4.78 is 41.1. The summed E-state index contributed by atoms with van der Waals surface area (Å²) in [6, 6.07) is 15.3. The summed E-state index contributed by atoms with van der Waals surface area (Å²) in [4.78, 5) is 145. The van der Waals surface area contributed by atoms with Crippen molar-refractivity contribution in [1.82, 2.24) is 35.6 Å². The van der Waals surface area contributed by atoms with Gasteiger partial charge in [0.25, 0.3) is 17.7 Å². The molecule has 0 saturated carbocycles. The van der Waals surface area contributed by atoms with Crippen molar-refractivity contribution in [2.45, 2.75) is 108 Å². The molecule has 0 bridgehead atoms. The van der Waals surface area contributed by atoms with Gasteiger partial charge in [0.2, 0.25) is 35.4 Å². The summed E-state index contributed by atoms with van der Waals surface area (Å²) >= 11 is 0.928. The summed E-state index contributed by atoms with van der Waals surface area (Å²) in [5.41, 5.74) is -4.71. The molecule has 5 heterocycles. The van der Waals surface area contributed by atoms with Crippen LogP contribution in [0.2, 0.25) is 0 Å². The third kappa shape index (κ3) is 12.4. The summed E-state index contributed by atoms with van der Waals surface area (Å²) in [5.74, 6) is 0.786. The number of carbonyl (C=O) groups excluding carboxylic acids is 9. The highest BCUT2D eigenvalue weighted by atomic mass is 32.1. The van der Waals surface area contributed by atoms with Crippen molar-refractivity contribution in [2.24, 2.45) is 5.41 Å². The van der Waals surface area contributed by atoms with Crippen LogP contribution in [0, 0.1) is 17.3 Å². The van der Waals surface area contributed by atoms with Gasteiger partial charge in [-0.25, -0.2) is 0 Å². The van der Waals surface area contributed by atoms with Gasteiger partial charge in [-0.1, -0.05) is 81.5 Å². The number of unbranched alkanes of at least 4 members (excludes halogenated alkanes) is 3. The van der Waals surface area contributed by atoms with Crippen molar-refractivity contribution < 1.29 is 66.3 Å². The number of piperidine rings is 2. The van der Waals surface area contributed by atoms with Crippen LogP contribution in [-0.2, 0) is 39.0 Å². The Morgan fingerprint density at radius 1 is 0.872 bits per heavy atom. The molecule has 4 aliphatic heterocycles. The highest BCUT2D eigenvalue weighted by Gasteiger charge is 2.51. The molecule has 0 aliphatic carbocycles. The Bertz CT molecular complexity index is 3180. The molecular weight excluding hydrogens is 1050 g/mol. The lowest BCUT2D eigenvalue weighted by Gasteiger charge is -2.45. The molecule has 4 atom stereocenters. The SMILES string of the molecule is CC(C)(C)[C@H](NC(=O)c1cc2cc(C(F)(F)P(=O)(O)O)ccc2s1)C(=O)N1CCN(C(=O)CC(=O)NCCCCCC#Cc2cccc3c2C(=O)N(C2CCC(=O)NC2=O)C3=O)C[C@H]1C(=O)N1CCCC(c2ccccc2)C1. The van der Waals surface area contributed by atoms with Crippen LogP contribution in [0.15, 0.2) is 72.8 Å². The molecule has 5 N–H and O–H groups in total. The number of piperazine rings is 1. The summed E-state index contributed by atoms with van der Waals surface area (Å²) in [6.07, 6.45) is 3.31. The third-order valence-electron chi connectivity index (χ3n) is 14.5. The van der Waals surface area contributed by atoms with E-state index in [-0.39, 0.29) is 66.3 Å². The van der Waals surface area contributed by atoms with Gasteiger partial charge in [0.05, 0.1) is 22.5 Å². The maximum Gasteiger partial charge on any atom is 0.399 e. The van der Waals surface area contributed by atoms with E-state index in [9.17, 15) is 66.3 Å².